The van der Waals surface area contributed by atoms with Crippen LogP contribution < -0.4 is 16.0 Å². The summed E-state index contributed by atoms with van der Waals surface area (Å²) >= 11 is 6.24. The van der Waals surface area contributed by atoms with Gasteiger partial charge in [0.25, 0.3) is 5.69 Å². The second-order valence-electron chi connectivity index (χ2n) is 12.2. The Morgan fingerprint density at radius 2 is 1.56 bits per heavy atom. The minimum atomic E-state index is -1.09. The number of hydroxylamine groups is 2. The predicted molar refractivity (Wildman–Crippen MR) is 181 cm³/mol. The summed E-state index contributed by atoms with van der Waals surface area (Å²) in [5.41, 5.74) is 1.49. The fourth-order valence-electron chi connectivity index (χ4n) is 5.41. The number of benzene rings is 3. The van der Waals surface area contributed by atoms with Gasteiger partial charge in [-0.25, -0.2) is 9.86 Å². The normalized spacial score (nSPS) is 16.1. The number of anilines is 1. The molecular formula is C35H40ClN5O7. The molecule has 13 heteroatoms. The first-order valence-corrected chi connectivity index (χ1v) is 16.2. The monoisotopic (exact) mass is 677 g/mol. The number of carbonyl (C=O) groups excluding carboxylic acids is 4. The second kappa shape index (κ2) is 16.8. The number of nitro benzene ring substituents is 1. The molecule has 254 valence electrons. The van der Waals surface area contributed by atoms with Crippen molar-refractivity contribution in [1.82, 2.24) is 15.7 Å². The van der Waals surface area contributed by atoms with Crippen LogP contribution in [0.5, 0.6) is 0 Å². The summed E-state index contributed by atoms with van der Waals surface area (Å²) in [5.74, 6) is -2.60. The minimum absolute atomic E-state index is 0.0366. The molecule has 0 radical (unpaired) electrons. The molecule has 3 aromatic rings. The quantitative estimate of drug-likeness (QED) is 0.150. The van der Waals surface area contributed by atoms with Crippen molar-refractivity contribution in [2.24, 2.45) is 11.8 Å². The average Bonchev–Trinajstić information content (AvgIpc) is 3.50. The zero-order valence-electron chi connectivity index (χ0n) is 27.1. The smallest absolute Gasteiger partial charge is 0.341 e. The van der Waals surface area contributed by atoms with E-state index < -0.39 is 40.8 Å². The van der Waals surface area contributed by atoms with Gasteiger partial charge < -0.3 is 16.0 Å². The van der Waals surface area contributed by atoms with Gasteiger partial charge in [-0.3, -0.25) is 29.3 Å². The largest absolute Gasteiger partial charge is 0.344 e. The second-order valence-corrected chi connectivity index (χ2v) is 12.6. The fourth-order valence-corrected chi connectivity index (χ4v) is 5.63. The van der Waals surface area contributed by atoms with Crippen LogP contribution in [0.4, 0.5) is 16.2 Å². The van der Waals surface area contributed by atoms with E-state index in [-0.39, 0.29) is 53.5 Å². The molecule has 0 saturated carbocycles. The van der Waals surface area contributed by atoms with Crippen molar-refractivity contribution in [2.75, 3.05) is 11.9 Å². The summed E-state index contributed by atoms with van der Waals surface area (Å²) in [5, 5.41) is 20.6. The number of halogens is 1. The van der Waals surface area contributed by atoms with Crippen molar-refractivity contribution in [3.63, 3.8) is 0 Å². The van der Waals surface area contributed by atoms with Gasteiger partial charge in [0.2, 0.25) is 11.8 Å². The summed E-state index contributed by atoms with van der Waals surface area (Å²) in [4.78, 5) is 70.4. The van der Waals surface area contributed by atoms with Crippen LogP contribution in [0.25, 0.3) is 0 Å². The Balaban J connectivity index is 1.56. The van der Waals surface area contributed by atoms with Crippen molar-refractivity contribution in [3.05, 3.63) is 105 Å². The Kier molecular flexibility index (Phi) is 12.6. The molecule has 0 bridgehead atoms. The molecule has 4 amide bonds. The maximum absolute atomic E-state index is 14.0. The van der Waals surface area contributed by atoms with Gasteiger partial charge in [-0.2, -0.15) is 0 Å². The van der Waals surface area contributed by atoms with Crippen molar-refractivity contribution in [3.8, 4) is 0 Å². The molecular weight excluding hydrogens is 638 g/mol. The molecule has 12 nitrogen and oxygen atoms in total. The van der Waals surface area contributed by atoms with Gasteiger partial charge in [0.05, 0.1) is 34.3 Å². The zero-order chi connectivity index (χ0) is 34.8. The van der Waals surface area contributed by atoms with Crippen LogP contribution in [0, 0.1) is 22.0 Å². The highest BCUT2D eigenvalue weighted by atomic mass is 35.5. The number of ketones is 1. The van der Waals surface area contributed by atoms with E-state index in [1.54, 1.807) is 0 Å². The number of non-ortho nitro benzene ring substituents is 1. The molecule has 1 saturated heterocycles. The topological polar surface area (TPSA) is 160 Å². The van der Waals surface area contributed by atoms with E-state index in [0.29, 0.717) is 13.0 Å². The fraction of sp³-hybridized carbons (Fsp3) is 0.371. The van der Waals surface area contributed by atoms with Gasteiger partial charge in [-0.15, -0.1) is 0 Å². The van der Waals surface area contributed by atoms with Crippen LogP contribution >= 0.6 is 11.6 Å². The van der Waals surface area contributed by atoms with E-state index in [4.69, 9.17) is 16.4 Å². The summed E-state index contributed by atoms with van der Waals surface area (Å²) in [7, 11) is 0. The van der Waals surface area contributed by atoms with Crippen molar-refractivity contribution in [2.45, 2.75) is 64.6 Å². The van der Waals surface area contributed by atoms with Crippen LogP contribution in [-0.4, -0.2) is 58.3 Å². The molecule has 1 aliphatic heterocycles. The number of urea groups is 1. The molecule has 1 unspecified atom stereocenters. The number of nitrogens with zero attached hydrogens (tertiary/aromatic N) is 2. The standard InChI is InChI=1S/C35H40ClN5O7/c1-22(2)32(39-35(45)40-17-16-23(3)48-40)31(42)20-26(18-24-10-6-4-7-11-24)33(43)38-30(19-25-12-8-5-9-13-25)34(44)37-29-15-14-27(41(46)47)21-28(29)36/h4-15,21-23,26,30,32H,16-20H2,1-3H3,(H,37,44)(H,38,43)(H,39,45)/t23?,26-,30+,32+/m1/s1. The maximum Gasteiger partial charge on any atom is 0.341 e. The number of rotatable bonds is 14. The minimum Gasteiger partial charge on any atom is -0.344 e. The number of Topliss-reactive ketones (excluding diaryl/α,β-unsaturated/α-hetero) is 1. The Bertz CT molecular complexity index is 1610. The van der Waals surface area contributed by atoms with Gasteiger partial charge >= 0.3 is 6.03 Å². The van der Waals surface area contributed by atoms with E-state index in [2.05, 4.69) is 16.0 Å². The molecule has 3 aromatic carbocycles. The van der Waals surface area contributed by atoms with Crippen molar-refractivity contribution >= 4 is 46.6 Å². The molecule has 0 aromatic heterocycles. The highest BCUT2D eigenvalue weighted by molar-refractivity contribution is 6.34. The van der Waals surface area contributed by atoms with E-state index in [1.807, 2.05) is 81.4 Å². The molecule has 1 aliphatic rings. The molecule has 0 aliphatic carbocycles. The van der Waals surface area contributed by atoms with Gasteiger partial charge in [-0.05, 0) is 42.9 Å². The van der Waals surface area contributed by atoms with E-state index >= 15 is 0 Å². The third-order valence-electron chi connectivity index (χ3n) is 8.05. The molecule has 4 rings (SSSR count). The summed E-state index contributed by atoms with van der Waals surface area (Å²) in [6.45, 7) is 5.89. The van der Waals surface area contributed by atoms with E-state index in [9.17, 15) is 29.3 Å². The van der Waals surface area contributed by atoms with Crippen LogP contribution in [-0.2, 0) is 32.1 Å². The van der Waals surface area contributed by atoms with Crippen LogP contribution in [0.15, 0.2) is 78.9 Å². The third kappa shape index (κ3) is 10.1. The maximum atomic E-state index is 14.0. The summed E-state index contributed by atoms with van der Waals surface area (Å²) < 4.78 is 0. The molecule has 0 spiro atoms. The lowest BCUT2D eigenvalue weighted by Gasteiger charge is -2.27. The van der Waals surface area contributed by atoms with Gasteiger partial charge in [0, 0.05) is 30.9 Å². The Labute approximate surface area is 284 Å². The number of carbonyl (C=O) groups is 4. The van der Waals surface area contributed by atoms with Crippen molar-refractivity contribution < 1.29 is 28.9 Å². The lowest BCUT2D eigenvalue weighted by molar-refractivity contribution is -0.384. The van der Waals surface area contributed by atoms with Crippen molar-refractivity contribution in [1.29, 1.82) is 0 Å². The predicted octanol–water partition coefficient (Wildman–Crippen LogP) is 5.49. The number of nitro groups is 1. The van der Waals surface area contributed by atoms with Gasteiger partial charge in [0.15, 0.2) is 5.78 Å². The van der Waals surface area contributed by atoms with E-state index in [1.165, 1.54) is 17.2 Å². The Morgan fingerprint density at radius 1 is 0.938 bits per heavy atom. The van der Waals surface area contributed by atoms with Gasteiger partial charge in [-0.1, -0.05) is 86.1 Å². The average molecular weight is 678 g/mol. The molecule has 1 fully saturated rings. The Hall–Kier alpha value is -4.81. The van der Waals surface area contributed by atoms with Crippen LogP contribution in [0.2, 0.25) is 5.02 Å². The highest BCUT2D eigenvalue weighted by Crippen LogP contribution is 2.27. The first kappa shape index (κ1) is 36.0. The summed E-state index contributed by atoms with van der Waals surface area (Å²) in [6, 6.07) is 19.5. The molecule has 1 heterocycles. The number of amides is 4. The lowest BCUT2D eigenvalue weighted by Crippen LogP contribution is -2.51. The first-order valence-electron chi connectivity index (χ1n) is 15.8. The third-order valence-corrected chi connectivity index (χ3v) is 8.36. The number of hydrogen-bond donors (Lipinski definition) is 3. The number of hydrogen-bond acceptors (Lipinski definition) is 7. The SMILES string of the molecule is CC1CCN(C(=O)N[C@H](C(=O)C[C@@H](Cc2ccccc2)C(=O)N[C@@H](Cc2ccccc2)C(=O)Nc2ccc([N+](=O)[O-])cc2Cl)C(C)C)O1. The molecule has 4 atom stereocenters. The number of nitrogens with one attached hydrogen (secondary N) is 3. The highest BCUT2D eigenvalue weighted by Gasteiger charge is 2.34. The first-order chi connectivity index (χ1) is 22.9. The molecule has 3 N–H and O–H groups in total. The van der Waals surface area contributed by atoms with Gasteiger partial charge in [0.1, 0.15) is 6.04 Å². The Morgan fingerprint density at radius 3 is 2.10 bits per heavy atom. The van der Waals surface area contributed by atoms with Crippen LogP contribution in [0.3, 0.4) is 0 Å². The lowest BCUT2D eigenvalue weighted by atomic mass is 9.88. The van der Waals surface area contributed by atoms with E-state index in [0.717, 1.165) is 17.2 Å². The molecule has 48 heavy (non-hydrogen) atoms. The van der Waals surface area contributed by atoms with Crippen LogP contribution in [0.1, 0.15) is 44.7 Å². The summed E-state index contributed by atoms with van der Waals surface area (Å²) in [6.07, 6.45) is 0.697. The zero-order valence-corrected chi connectivity index (χ0v) is 27.8.